The van der Waals surface area contributed by atoms with Gasteiger partial charge in [0, 0.05) is 22.8 Å². The summed E-state index contributed by atoms with van der Waals surface area (Å²) in [6, 6.07) is 15.4. The minimum Gasteiger partial charge on any atom is -0.497 e. The molecule has 0 heterocycles. The number of ether oxygens (including phenoxy) is 3. The van der Waals surface area contributed by atoms with Gasteiger partial charge >= 0.3 is 6.03 Å². The second-order valence-electron chi connectivity index (χ2n) is 9.00. The molecule has 1 N–H and O–H groups in total. The summed E-state index contributed by atoms with van der Waals surface area (Å²) in [5, 5.41) is 2.59. The molecule has 202 valence electrons. The van der Waals surface area contributed by atoms with Gasteiger partial charge in [0.05, 0.1) is 34.4 Å². The van der Waals surface area contributed by atoms with Gasteiger partial charge in [0.25, 0.3) is 0 Å². The van der Waals surface area contributed by atoms with Crippen LogP contribution in [0.15, 0.2) is 60.7 Å². The molecule has 0 saturated carbocycles. The van der Waals surface area contributed by atoms with Gasteiger partial charge in [-0.15, -0.1) is 0 Å². The van der Waals surface area contributed by atoms with Crippen LogP contribution in [-0.4, -0.2) is 44.7 Å². The smallest absolute Gasteiger partial charge is 0.318 e. The number of nitrogens with one attached hydrogen (secondary N) is 1. The average Bonchev–Trinajstić information content (AvgIpc) is 2.93. The Balaban J connectivity index is 2.05. The number of hydrogen-bond acceptors (Lipinski definition) is 5. The van der Waals surface area contributed by atoms with Crippen molar-refractivity contribution < 1.29 is 32.6 Å². The van der Waals surface area contributed by atoms with Gasteiger partial charge < -0.3 is 29.2 Å². The molecule has 0 saturated heterocycles. The first kappa shape index (κ1) is 28.4. The van der Waals surface area contributed by atoms with Crippen LogP contribution in [0.3, 0.4) is 0 Å². The van der Waals surface area contributed by atoms with E-state index >= 15 is 4.39 Å². The lowest BCUT2D eigenvalue weighted by atomic mass is 9.87. The first-order valence-corrected chi connectivity index (χ1v) is 11.9. The predicted molar refractivity (Wildman–Crippen MR) is 140 cm³/mol. The van der Waals surface area contributed by atoms with E-state index in [1.54, 1.807) is 18.2 Å². The third-order valence-corrected chi connectivity index (χ3v) is 6.42. The van der Waals surface area contributed by atoms with E-state index in [1.165, 1.54) is 51.4 Å². The highest BCUT2D eigenvalue weighted by Crippen LogP contribution is 2.31. The van der Waals surface area contributed by atoms with Gasteiger partial charge in [-0.3, -0.25) is 0 Å². The molecule has 0 aliphatic rings. The molecule has 0 aromatic heterocycles. The highest BCUT2D eigenvalue weighted by Gasteiger charge is 2.41. The molecule has 2 amide bonds. The molecule has 0 fully saturated rings. The van der Waals surface area contributed by atoms with Gasteiger partial charge in [0.2, 0.25) is 0 Å². The number of alkyl halides is 1. The summed E-state index contributed by atoms with van der Waals surface area (Å²) in [5.74, 6) is 0.868. The summed E-state index contributed by atoms with van der Waals surface area (Å²) in [5.41, 5.74) is 0.193. The maximum atomic E-state index is 15.1. The lowest BCUT2D eigenvalue weighted by molar-refractivity contribution is -0.114. The number of aryl methyl sites for hydroxylation is 1. The normalized spacial score (nSPS) is 13.1. The Kier molecular flexibility index (Phi) is 9.28. The van der Waals surface area contributed by atoms with Crippen molar-refractivity contribution >= 4 is 12.3 Å². The Bertz CT molecular complexity index is 1290. The second-order valence-corrected chi connectivity index (χ2v) is 9.00. The molecule has 0 bridgehead atoms. The molecule has 0 spiro atoms. The van der Waals surface area contributed by atoms with Crippen molar-refractivity contribution in [3.05, 3.63) is 88.7 Å². The highest BCUT2D eigenvalue weighted by molar-refractivity contribution is 5.77. The summed E-state index contributed by atoms with van der Waals surface area (Å²) in [7, 11) is 4.56. The Morgan fingerprint density at radius 2 is 1.58 bits per heavy atom. The molecule has 7 nitrogen and oxygen atoms in total. The van der Waals surface area contributed by atoms with Crippen molar-refractivity contribution in [2.75, 3.05) is 21.3 Å². The third-order valence-electron chi connectivity index (χ3n) is 6.42. The molecule has 3 aromatic rings. The van der Waals surface area contributed by atoms with Crippen LogP contribution in [0.5, 0.6) is 17.2 Å². The lowest BCUT2D eigenvalue weighted by Crippen LogP contribution is -2.55. The summed E-state index contributed by atoms with van der Waals surface area (Å²) in [4.78, 5) is 26.7. The molecule has 38 heavy (non-hydrogen) atoms. The van der Waals surface area contributed by atoms with E-state index in [0.717, 1.165) is 11.6 Å². The van der Waals surface area contributed by atoms with Crippen LogP contribution in [0.1, 0.15) is 29.2 Å². The fraction of sp³-hybridized carbons (Fsp3) is 0.310. The minimum absolute atomic E-state index is 0.0431. The number of urea groups is 1. The molecule has 2 atom stereocenters. The van der Waals surface area contributed by atoms with Gasteiger partial charge in [-0.2, -0.15) is 0 Å². The summed E-state index contributed by atoms with van der Waals surface area (Å²) in [6.07, 6.45) is -2.17. The van der Waals surface area contributed by atoms with Crippen molar-refractivity contribution in [2.24, 2.45) is 0 Å². The number of amides is 2. The van der Waals surface area contributed by atoms with Gasteiger partial charge in [-0.25, -0.2) is 13.6 Å². The fourth-order valence-electron chi connectivity index (χ4n) is 4.18. The van der Waals surface area contributed by atoms with E-state index < -0.39 is 23.6 Å². The van der Waals surface area contributed by atoms with Crippen molar-refractivity contribution in [2.45, 2.75) is 38.6 Å². The van der Waals surface area contributed by atoms with E-state index in [-0.39, 0.29) is 24.9 Å². The Morgan fingerprint density at radius 3 is 2.16 bits per heavy atom. The lowest BCUT2D eigenvalue weighted by Gasteiger charge is -2.35. The molecule has 3 aromatic carbocycles. The van der Waals surface area contributed by atoms with E-state index in [4.69, 9.17) is 14.2 Å². The van der Waals surface area contributed by atoms with E-state index in [1.807, 2.05) is 25.1 Å². The summed E-state index contributed by atoms with van der Waals surface area (Å²) >= 11 is 0. The molecule has 0 unspecified atom stereocenters. The number of hydrogen-bond donors (Lipinski definition) is 1. The zero-order valence-electron chi connectivity index (χ0n) is 22.1. The first-order chi connectivity index (χ1) is 18.2. The molecule has 3 rings (SSSR count). The van der Waals surface area contributed by atoms with E-state index in [0.29, 0.717) is 28.4 Å². The predicted octanol–water partition coefficient (Wildman–Crippen LogP) is 5.32. The quantitative estimate of drug-likeness (QED) is 0.342. The number of methoxy groups -OCH3 is 3. The molecule has 9 heteroatoms. The molecule has 0 aliphatic carbocycles. The van der Waals surface area contributed by atoms with Crippen molar-refractivity contribution in [1.29, 1.82) is 0 Å². The zero-order valence-corrected chi connectivity index (χ0v) is 22.1. The largest absolute Gasteiger partial charge is 0.497 e. The van der Waals surface area contributed by atoms with Crippen LogP contribution in [-0.2, 0) is 23.4 Å². The van der Waals surface area contributed by atoms with Crippen molar-refractivity contribution in [3.8, 4) is 17.2 Å². The maximum absolute atomic E-state index is 15.1. The van der Waals surface area contributed by atoms with Gasteiger partial charge in [0.1, 0.15) is 28.6 Å². The fourth-order valence-corrected chi connectivity index (χ4v) is 4.18. The molecular weight excluding hydrogens is 494 g/mol. The minimum atomic E-state index is -2.21. The Labute approximate surface area is 221 Å². The van der Waals surface area contributed by atoms with Crippen LogP contribution in [0.25, 0.3) is 0 Å². The van der Waals surface area contributed by atoms with Crippen LogP contribution in [0, 0.1) is 12.7 Å². The van der Waals surface area contributed by atoms with Gasteiger partial charge in [-0.1, -0.05) is 30.3 Å². The SMILES string of the molecule is COc1ccc(CN(Cc2ccc(C)cc2OC)C(=O)N[C@](C)(c2ccccc2F)[C@@H](F)C=O)c(OC)c1. The number of carbonyl (C=O) groups excluding carboxylic acids is 2. The van der Waals surface area contributed by atoms with E-state index in [2.05, 4.69) is 5.32 Å². The molecule has 0 aliphatic heterocycles. The van der Waals surface area contributed by atoms with Crippen LogP contribution < -0.4 is 19.5 Å². The Hall–Kier alpha value is -4.14. The van der Waals surface area contributed by atoms with Crippen LogP contribution >= 0.6 is 0 Å². The van der Waals surface area contributed by atoms with Gasteiger partial charge in [0.15, 0.2) is 12.5 Å². The number of rotatable bonds is 11. The summed E-state index contributed by atoms with van der Waals surface area (Å²) < 4.78 is 46.1. The number of aldehydes is 1. The maximum Gasteiger partial charge on any atom is 0.318 e. The monoisotopic (exact) mass is 526 g/mol. The molecular formula is C29H32F2N2O5. The number of nitrogens with zero attached hydrogens (tertiary/aromatic N) is 1. The zero-order chi connectivity index (χ0) is 27.9. The van der Waals surface area contributed by atoms with Crippen molar-refractivity contribution in [3.63, 3.8) is 0 Å². The molecule has 0 radical (unpaired) electrons. The highest BCUT2D eigenvalue weighted by atomic mass is 19.1. The third kappa shape index (κ3) is 6.22. The standard InChI is InChI=1S/C29H32F2N2O5/c1-19-10-11-20(25(14-19)37-4)16-33(17-21-12-13-22(36-3)15-26(21)38-5)28(35)32-29(2,27(31)18-34)23-8-6-7-9-24(23)30/h6-15,18,27H,16-17H2,1-5H3,(H,32,35)/t27-,29+/m0/s1. The number of halogens is 2. The van der Waals surface area contributed by atoms with Crippen molar-refractivity contribution in [1.82, 2.24) is 10.2 Å². The topological polar surface area (TPSA) is 77.1 Å². The average molecular weight is 527 g/mol. The Morgan fingerprint density at radius 1 is 0.974 bits per heavy atom. The number of benzene rings is 3. The number of carbonyl (C=O) groups is 2. The van der Waals surface area contributed by atoms with Crippen LogP contribution in [0.2, 0.25) is 0 Å². The van der Waals surface area contributed by atoms with Crippen LogP contribution in [0.4, 0.5) is 13.6 Å². The second kappa shape index (κ2) is 12.4. The van der Waals surface area contributed by atoms with E-state index in [9.17, 15) is 14.0 Å². The first-order valence-electron chi connectivity index (χ1n) is 11.9. The summed E-state index contributed by atoms with van der Waals surface area (Å²) in [6.45, 7) is 3.30. The van der Waals surface area contributed by atoms with Gasteiger partial charge in [-0.05, 0) is 43.7 Å².